The molecule has 0 saturated carbocycles. The Morgan fingerprint density at radius 3 is 2.50 bits per heavy atom. The molecule has 0 aromatic heterocycles. The van der Waals surface area contributed by atoms with Crippen molar-refractivity contribution in [3.8, 4) is 5.75 Å². The van der Waals surface area contributed by atoms with Crippen LogP contribution in [0.3, 0.4) is 0 Å². The van der Waals surface area contributed by atoms with Crippen LogP contribution in [0, 0.1) is 6.92 Å². The zero-order chi connectivity index (χ0) is 20.1. The minimum Gasteiger partial charge on any atom is -0.492 e. The van der Waals surface area contributed by atoms with Gasteiger partial charge >= 0.3 is 5.97 Å². The van der Waals surface area contributed by atoms with Gasteiger partial charge in [0.25, 0.3) is 0 Å². The first-order valence-corrected chi connectivity index (χ1v) is 10.2. The van der Waals surface area contributed by atoms with E-state index in [-0.39, 0.29) is 23.6 Å². The molecule has 0 fully saturated rings. The summed E-state index contributed by atoms with van der Waals surface area (Å²) in [6.07, 6.45) is 0. The lowest BCUT2D eigenvalue weighted by Gasteiger charge is -2.12. The summed E-state index contributed by atoms with van der Waals surface area (Å²) < 4.78 is 38.0. The van der Waals surface area contributed by atoms with Gasteiger partial charge in [-0.15, -0.1) is 0 Å². The van der Waals surface area contributed by atoms with Crippen molar-refractivity contribution in [2.45, 2.75) is 11.8 Å². The van der Waals surface area contributed by atoms with E-state index in [9.17, 15) is 13.2 Å². The van der Waals surface area contributed by atoms with Crippen molar-refractivity contribution in [2.75, 3.05) is 20.3 Å². The first-order valence-electron chi connectivity index (χ1n) is 8.71. The molecule has 6 nitrogen and oxygen atoms in total. The van der Waals surface area contributed by atoms with Crippen LogP contribution in [-0.2, 0) is 14.8 Å². The topological polar surface area (TPSA) is 81.7 Å². The van der Waals surface area contributed by atoms with Crippen LogP contribution in [-0.4, -0.2) is 34.6 Å². The van der Waals surface area contributed by atoms with Crippen LogP contribution in [0.1, 0.15) is 15.9 Å². The molecule has 0 aliphatic heterocycles. The number of hydrogen-bond donors (Lipinski definition) is 1. The monoisotopic (exact) mass is 399 g/mol. The van der Waals surface area contributed by atoms with Crippen molar-refractivity contribution < 1.29 is 22.7 Å². The Labute approximate surface area is 164 Å². The third-order valence-electron chi connectivity index (χ3n) is 4.28. The zero-order valence-electron chi connectivity index (χ0n) is 15.6. The first-order chi connectivity index (χ1) is 13.4. The van der Waals surface area contributed by atoms with Gasteiger partial charge in [0.2, 0.25) is 10.0 Å². The van der Waals surface area contributed by atoms with E-state index in [0.29, 0.717) is 11.3 Å². The molecule has 0 unspecified atom stereocenters. The highest BCUT2D eigenvalue weighted by Crippen LogP contribution is 2.21. The van der Waals surface area contributed by atoms with Crippen LogP contribution in [0.5, 0.6) is 5.75 Å². The predicted molar refractivity (Wildman–Crippen MR) is 107 cm³/mol. The fourth-order valence-corrected chi connectivity index (χ4v) is 4.10. The number of sulfonamides is 1. The number of aryl methyl sites for hydroxylation is 1. The van der Waals surface area contributed by atoms with Crippen molar-refractivity contribution in [3.63, 3.8) is 0 Å². The molecular formula is C21H21NO5S. The maximum Gasteiger partial charge on any atom is 0.337 e. The second-order valence-electron chi connectivity index (χ2n) is 6.23. The summed E-state index contributed by atoms with van der Waals surface area (Å²) in [4.78, 5) is 11.7. The molecule has 0 heterocycles. The summed E-state index contributed by atoms with van der Waals surface area (Å²) in [6, 6.07) is 18.0. The van der Waals surface area contributed by atoms with Crippen LogP contribution < -0.4 is 9.46 Å². The lowest BCUT2D eigenvalue weighted by molar-refractivity contribution is 0.0600. The highest BCUT2D eigenvalue weighted by molar-refractivity contribution is 7.89. The quantitative estimate of drug-likeness (QED) is 0.487. The summed E-state index contributed by atoms with van der Waals surface area (Å²) in [6.45, 7) is 1.94. The first kappa shape index (κ1) is 19.9. The van der Waals surface area contributed by atoms with E-state index in [1.54, 1.807) is 13.0 Å². The second kappa shape index (κ2) is 8.41. The van der Waals surface area contributed by atoms with Crippen LogP contribution in [0.25, 0.3) is 10.8 Å². The largest absolute Gasteiger partial charge is 0.492 e. The highest BCUT2D eigenvalue weighted by Gasteiger charge is 2.19. The third-order valence-corrected chi connectivity index (χ3v) is 5.89. The van der Waals surface area contributed by atoms with Gasteiger partial charge in [-0.1, -0.05) is 36.4 Å². The lowest BCUT2D eigenvalue weighted by Crippen LogP contribution is -2.29. The third kappa shape index (κ3) is 4.49. The van der Waals surface area contributed by atoms with Crippen molar-refractivity contribution in [2.24, 2.45) is 0 Å². The minimum atomic E-state index is -3.78. The number of rotatable bonds is 7. The summed E-state index contributed by atoms with van der Waals surface area (Å²) in [7, 11) is -2.53. The number of carbonyl (C=O) groups is 1. The Hall–Kier alpha value is -2.90. The summed E-state index contributed by atoms with van der Waals surface area (Å²) in [5, 5.41) is 2.16. The number of hydrogen-bond acceptors (Lipinski definition) is 5. The molecule has 7 heteroatoms. The molecule has 3 rings (SSSR count). The molecule has 0 aliphatic rings. The highest BCUT2D eigenvalue weighted by atomic mass is 32.2. The van der Waals surface area contributed by atoms with Gasteiger partial charge in [0, 0.05) is 6.54 Å². The van der Waals surface area contributed by atoms with Gasteiger partial charge in [-0.2, -0.15) is 0 Å². The van der Waals surface area contributed by atoms with E-state index in [2.05, 4.69) is 9.46 Å². The van der Waals surface area contributed by atoms with Crippen molar-refractivity contribution in [3.05, 3.63) is 71.8 Å². The average Bonchev–Trinajstić information content (AvgIpc) is 2.70. The fraction of sp³-hybridized carbons (Fsp3) is 0.190. The molecule has 0 bridgehead atoms. The molecule has 0 amide bonds. The lowest BCUT2D eigenvalue weighted by atomic mass is 10.1. The van der Waals surface area contributed by atoms with Gasteiger partial charge in [-0.05, 0) is 47.5 Å². The Balaban J connectivity index is 1.64. The van der Waals surface area contributed by atoms with Crippen LogP contribution in [0.4, 0.5) is 0 Å². The molecule has 3 aromatic rings. The smallest absolute Gasteiger partial charge is 0.337 e. The molecule has 0 spiro atoms. The van der Waals surface area contributed by atoms with E-state index in [1.807, 2.05) is 42.5 Å². The van der Waals surface area contributed by atoms with Gasteiger partial charge in [-0.25, -0.2) is 17.9 Å². The number of methoxy groups -OCH3 is 1. The molecular weight excluding hydrogens is 378 g/mol. The van der Waals surface area contributed by atoms with Gasteiger partial charge in [0.05, 0.1) is 17.6 Å². The molecule has 0 atom stereocenters. The van der Waals surface area contributed by atoms with Crippen molar-refractivity contribution in [1.82, 2.24) is 4.72 Å². The van der Waals surface area contributed by atoms with Gasteiger partial charge in [-0.3, -0.25) is 0 Å². The number of nitrogens with one attached hydrogen (secondary N) is 1. The number of ether oxygens (including phenoxy) is 2. The summed E-state index contributed by atoms with van der Waals surface area (Å²) in [5.74, 6) is 0.0813. The van der Waals surface area contributed by atoms with Gasteiger partial charge < -0.3 is 9.47 Å². The van der Waals surface area contributed by atoms with Crippen LogP contribution in [0.2, 0.25) is 0 Å². The Morgan fingerprint density at radius 2 is 1.75 bits per heavy atom. The molecule has 0 aliphatic carbocycles. The van der Waals surface area contributed by atoms with Crippen LogP contribution in [0.15, 0.2) is 65.6 Å². The number of carbonyl (C=O) groups excluding carboxylic acids is 1. The van der Waals surface area contributed by atoms with Gasteiger partial charge in [0.15, 0.2) is 0 Å². The molecule has 0 saturated heterocycles. The van der Waals surface area contributed by atoms with Crippen molar-refractivity contribution in [1.29, 1.82) is 0 Å². The van der Waals surface area contributed by atoms with Crippen LogP contribution >= 0.6 is 0 Å². The van der Waals surface area contributed by atoms with E-state index in [1.165, 1.54) is 19.2 Å². The number of benzene rings is 3. The normalized spacial score (nSPS) is 11.4. The molecule has 0 radical (unpaired) electrons. The molecule has 3 aromatic carbocycles. The Morgan fingerprint density at radius 1 is 1.00 bits per heavy atom. The predicted octanol–water partition coefficient (Wildman–Crippen LogP) is 3.29. The Kier molecular flexibility index (Phi) is 5.96. The number of fused-ring (bicyclic) bond motifs is 1. The van der Waals surface area contributed by atoms with E-state index in [0.717, 1.165) is 10.8 Å². The van der Waals surface area contributed by atoms with Gasteiger partial charge in [0.1, 0.15) is 12.4 Å². The maximum absolute atomic E-state index is 12.6. The molecule has 28 heavy (non-hydrogen) atoms. The fourth-order valence-electron chi connectivity index (χ4n) is 2.81. The number of esters is 1. The second-order valence-corrected chi connectivity index (χ2v) is 7.96. The SMILES string of the molecule is COC(=O)c1ccc(C)c(S(=O)(=O)NCCOc2ccc3ccccc3c2)c1. The molecule has 146 valence electrons. The summed E-state index contributed by atoms with van der Waals surface area (Å²) >= 11 is 0. The van der Waals surface area contributed by atoms with E-state index in [4.69, 9.17) is 4.74 Å². The standard InChI is InChI=1S/C21H21NO5S/c1-15-7-8-18(21(23)26-2)14-20(15)28(24,25)22-11-12-27-19-10-9-16-5-3-4-6-17(16)13-19/h3-10,13-14,22H,11-12H2,1-2H3. The van der Waals surface area contributed by atoms with E-state index >= 15 is 0 Å². The Bertz CT molecular complexity index is 1110. The minimum absolute atomic E-state index is 0.0427. The maximum atomic E-state index is 12.6. The average molecular weight is 399 g/mol. The van der Waals surface area contributed by atoms with Crippen molar-refractivity contribution >= 4 is 26.8 Å². The molecule has 1 N–H and O–H groups in total. The summed E-state index contributed by atoms with van der Waals surface area (Å²) in [5.41, 5.74) is 0.719. The van der Waals surface area contributed by atoms with E-state index < -0.39 is 16.0 Å². The zero-order valence-corrected chi connectivity index (χ0v) is 16.5.